The van der Waals surface area contributed by atoms with Crippen molar-refractivity contribution in [3.05, 3.63) is 53.6 Å². The summed E-state index contributed by atoms with van der Waals surface area (Å²) in [6, 6.07) is 14.6. The lowest BCUT2D eigenvalue weighted by Crippen LogP contribution is -2.40. The number of rotatable bonds is 3. The monoisotopic (exact) mass is 360 g/mol. The zero-order valence-electron chi connectivity index (χ0n) is 13.2. The average Bonchev–Trinajstić information content (AvgIpc) is 2.68. The molecule has 0 aromatic heterocycles. The lowest BCUT2D eigenvalue weighted by molar-refractivity contribution is -0.117. The van der Waals surface area contributed by atoms with Crippen LogP contribution in [-0.4, -0.2) is 23.6 Å². The quantitative estimate of drug-likeness (QED) is 0.835. The van der Waals surface area contributed by atoms with Gasteiger partial charge in [-0.2, -0.15) is 0 Å². The van der Waals surface area contributed by atoms with E-state index in [4.69, 9.17) is 11.6 Å². The minimum Gasteiger partial charge on any atom is -0.324 e. The number of anilines is 2. The Morgan fingerprint density at radius 1 is 1.25 bits per heavy atom. The van der Waals surface area contributed by atoms with Gasteiger partial charge >= 0.3 is 0 Å². The Balaban J connectivity index is 1.83. The Labute approximate surface area is 150 Å². The van der Waals surface area contributed by atoms with E-state index in [0.717, 1.165) is 10.6 Å². The van der Waals surface area contributed by atoms with Gasteiger partial charge in [0, 0.05) is 17.4 Å². The van der Waals surface area contributed by atoms with Crippen molar-refractivity contribution in [3.63, 3.8) is 0 Å². The van der Waals surface area contributed by atoms with Gasteiger partial charge in [0.25, 0.3) is 0 Å². The predicted molar refractivity (Wildman–Crippen MR) is 98.8 cm³/mol. The van der Waals surface area contributed by atoms with E-state index in [-0.39, 0.29) is 30.0 Å². The van der Waals surface area contributed by atoms with E-state index in [0.29, 0.717) is 10.7 Å². The van der Waals surface area contributed by atoms with Gasteiger partial charge in [0.15, 0.2) is 0 Å². The number of nitrogens with zero attached hydrogens (tertiary/aromatic N) is 1. The Hall–Kier alpha value is -1.98. The first kappa shape index (κ1) is 16.9. The number of halogens is 1. The lowest BCUT2D eigenvalue weighted by atomic mass is 10.2. The molecule has 6 heteroatoms. The molecule has 1 atom stereocenters. The van der Waals surface area contributed by atoms with Crippen molar-refractivity contribution in [2.45, 2.75) is 24.3 Å². The second-order valence-electron chi connectivity index (χ2n) is 5.60. The van der Waals surface area contributed by atoms with Crippen LogP contribution in [0.2, 0.25) is 5.02 Å². The number of fused-ring (bicyclic) bond motifs is 1. The highest BCUT2D eigenvalue weighted by Crippen LogP contribution is 2.33. The van der Waals surface area contributed by atoms with Crippen LogP contribution in [-0.2, 0) is 9.59 Å². The molecular formula is C18H17ClN2O2S. The first-order valence-corrected chi connectivity index (χ1v) is 9.01. The molecular weight excluding hydrogens is 344 g/mol. The minimum atomic E-state index is -0.201. The van der Waals surface area contributed by atoms with Crippen LogP contribution < -0.4 is 10.2 Å². The second kappa shape index (κ2) is 7.28. The van der Waals surface area contributed by atoms with Crippen LogP contribution in [0.25, 0.3) is 0 Å². The molecule has 1 aliphatic rings. The van der Waals surface area contributed by atoms with E-state index >= 15 is 0 Å². The van der Waals surface area contributed by atoms with Crippen LogP contribution in [0.5, 0.6) is 0 Å². The summed E-state index contributed by atoms with van der Waals surface area (Å²) in [7, 11) is 0. The third-order valence-corrected chi connectivity index (χ3v) is 5.32. The number of amides is 2. The van der Waals surface area contributed by atoms with Gasteiger partial charge in [0.05, 0.1) is 22.2 Å². The standard InChI is InChI=1S/C18H17ClN2O2S/c1-12-10-17(22)20-14-7-3-4-8-15(14)21(12)18(23)11-24-16-9-5-2-6-13(16)19/h2-9,12H,10-11H2,1H3,(H,20,22). The molecule has 2 aromatic rings. The molecule has 24 heavy (non-hydrogen) atoms. The summed E-state index contributed by atoms with van der Waals surface area (Å²) in [6.45, 7) is 1.89. The molecule has 0 radical (unpaired) electrons. The van der Waals surface area contributed by atoms with Crippen LogP contribution in [0, 0.1) is 0 Å². The van der Waals surface area contributed by atoms with E-state index < -0.39 is 0 Å². The van der Waals surface area contributed by atoms with Gasteiger partial charge in [0.1, 0.15) is 0 Å². The van der Waals surface area contributed by atoms with Crippen LogP contribution in [0.15, 0.2) is 53.4 Å². The Bertz CT molecular complexity index is 781. The number of thioether (sulfide) groups is 1. The smallest absolute Gasteiger partial charge is 0.237 e. The molecule has 1 unspecified atom stereocenters. The van der Waals surface area contributed by atoms with E-state index in [2.05, 4.69) is 5.32 Å². The minimum absolute atomic E-state index is 0.0450. The van der Waals surface area contributed by atoms with Crippen molar-refractivity contribution in [2.75, 3.05) is 16.0 Å². The summed E-state index contributed by atoms with van der Waals surface area (Å²) in [5.41, 5.74) is 1.41. The van der Waals surface area contributed by atoms with Gasteiger partial charge in [-0.25, -0.2) is 0 Å². The SMILES string of the molecule is CC1CC(=O)Nc2ccccc2N1C(=O)CSc1ccccc1Cl. The summed E-state index contributed by atoms with van der Waals surface area (Å²) in [4.78, 5) is 27.4. The molecule has 1 aliphatic heterocycles. The molecule has 0 aliphatic carbocycles. The third kappa shape index (κ3) is 3.57. The average molecular weight is 361 g/mol. The highest BCUT2D eigenvalue weighted by atomic mass is 35.5. The Kier molecular flexibility index (Phi) is 5.11. The molecule has 0 bridgehead atoms. The topological polar surface area (TPSA) is 49.4 Å². The van der Waals surface area contributed by atoms with Crippen molar-refractivity contribution in [1.82, 2.24) is 0 Å². The summed E-state index contributed by atoms with van der Waals surface area (Å²) < 4.78 is 0. The highest BCUT2D eigenvalue weighted by molar-refractivity contribution is 8.00. The maximum atomic E-state index is 12.8. The Morgan fingerprint density at radius 3 is 2.75 bits per heavy atom. The zero-order chi connectivity index (χ0) is 17.1. The maximum absolute atomic E-state index is 12.8. The fourth-order valence-corrected chi connectivity index (χ4v) is 3.84. The second-order valence-corrected chi connectivity index (χ2v) is 7.03. The first-order valence-electron chi connectivity index (χ1n) is 7.64. The molecule has 0 spiro atoms. The van der Waals surface area contributed by atoms with Crippen molar-refractivity contribution >= 4 is 46.6 Å². The normalized spacial score (nSPS) is 17.0. The zero-order valence-corrected chi connectivity index (χ0v) is 14.7. The number of carbonyl (C=O) groups excluding carboxylic acids is 2. The summed E-state index contributed by atoms with van der Waals surface area (Å²) in [5, 5.41) is 3.50. The Morgan fingerprint density at radius 2 is 1.96 bits per heavy atom. The van der Waals surface area contributed by atoms with Crippen LogP contribution in [0.4, 0.5) is 11.4 Å². The van der Waals surface area contributed by atoms with Gasteiger partial charge in [-0.3, -0.25) is 9.59 Å². The number of nitrogens with one attached hydrogen (secondary N) is 1. The van der Waals surface area contributed by atoms with Crippen LogP contribution in [0.3, 0.4) is 0 Å². The van der Waals surface area contributed by atoms with Gasteiger partial charge in [-0.15, -0.1) is 11.8 Å². The molecule has 124 valence electrons. The van der Waals surface area contributed by atoms with Gasteiger partial charge in [0.2, 0.25) is 11.8 Å². The molecule has 0 saturated carbocycles. The first-order chi connectivity index (χ1) is 11.6. The highest BCUT2D eigenvalue weighted by Gasteiger charge is 2.29. The summed E-state index contributed by atoms with van der Waals surface area (Å²) in [5.74, 6) is 0.136. The molecule has 0 saturated heterocycles. The van der Waals surface area contributed by atoms with Crippen LogP contribution in [0.1, 0.15) is 13.3 Å². The molecule has 1 heterocycles. The number of hydrogen-bond acceptors (Lipinski definition) is 3. The van der Waals surface area contributed by atoms with E-state index in [1.807, 2.05) is 49.4 Å². The number of hydrogen-bond donors (Lipinski definition) is 1. The van der Waals surface area contributed by atoms with Crippen molar-refractivity contribution in [3.8, 4) is 0 Å². The summed E-state index contributed by atoms with van der Waals surface area (Å²) >= 11 is 7.55. The summed E-state index contributed by atoms with van der Waals surface area (Å²) in [6.07, 6.45) is 0.275. The van der Waals surface area contributed by atoms with Crippen molar-refractivity contribution in [2.24, 2.45) is 0 Å². The van der Waals surface area contributed by atoms with Crippen LogP contribution >= 0.6 is 23.4 Å². The van der Waals surface area contributed by atoms with E-state index in [1.54, 1.807) is 11.0 Å². The van der Waals surface area contributed by atoms with E-state index in [9.17, 15) is 9.59 Å². The lowest BCUT2D eigenvalue weighted by Gasteiger charge is -2.27. The van der Waals surface area contributed by atoms with Gasteiger partial charge in [-0.1, -0.05) is 35.9 Å². The number of benzene rings is 2. The molecule has 2 aromatic carbocycles. The largest absolute Gasteiger partial charge is 0.324 e. The molecule has 1 N–H and O–H groups in total. The fourth-order valence-electron chi connectivity index (χ4n) is 2.74. The number of carbonyl (C=O) groups is 2. The predicted octanol–water partition coefficient (Wildman–Crippen LogP) is 4.20. The molecule has 4 nitrogen and oxygen atoms in total. The molecule has 0 fully saturated rings. The van der Waals surface area contributed by atoms with Gasteiger partial charge < -0.3 is 10.2 Å². The molecule has 3 rings (SSSR count). The third-order valence-electron chi connectivity index (χ3n) is 3.82. The molecule has 2 amide bonds. The maximum Gasteiger partial charge on any atom is 0.237 e. The fraction of sp³-hybridized carbons (Fsp3) is 0.222. The van der Waals surface area contributed by atoms with Crippen molar-refractivity contribution < 1.29 is 9.59 Å². The number of para-hydroxylation sites is 2. The van der Waals surface area contributed by atoms with Crippen molar-refractivity contribution in [1.29, 1.82) is 0 Å². The van der Waals surface area contributed by atoms with Gasteiger partial charge in [-0.05, 0) is 31.2 Å². The van der Waals surface area contributed by atoms with E-state index in [1.165, 1.54) is 11.8 Å².